The fourth-order valence-corrected chi connectivity index (χ4v) is 4.68. The first kappa shape index (κ1) is 22.8. The van der Waals surface area contributed by atoms with Crippen LogP contribution in [0, 0.1) is 0 Å². The first-order valence-electron chi connectivity index (χ1n) is 10.7. The van der Waals surface area contributed by atoms with Crippen molar-refractivity contribution < 1.29 is 14.7 Å². The van der Waals surface area contributed by atoms with Crippen molar-refractivity contribution in [3.8, 4) is 5.75 Å². The van der Waals surface area contributed by atoms with E-state index in [1.807, 2.05) is 42.5 Å². The zero-order chi connectivity index (χ0) is 24.4. The number of amides is 2. The molecule has 1 heterocycles. The molecule has 4 aromatic rings. The van der Waals surface area contributed by atoms with E-state index in [0.29, 0.717) is 22.0 Å². The van der Waals surface area contributed by atoms with Gasteiger partial charge in [-0.05, 0) is 76.6 Å². The minimum Gasteiger partial charge on any atom is -0.507 e. The number of benzene rings is 4. The number of carbonyl (C=O) groups excluding carboxylic acids is 2. The molecule has 0 saturated carbocycles. The third-order valence-electron chi connectivity index (χ3n) is 5.42. The topological polar surface area (TPSA) is 82.3 Å². The third kappa shape index (κ3) is 5.11. The Bertz CT molecular complexity index is 1530. The van der Waals surface area contributed by atoms with Gasteiger partial charge < -0.3 is 5.11 Å². The van der Waals surface area contributed by atoms with Gasteiger partial charge in [0.05, 0.1) is 22.8 Å². The number of phenols is 1. The predicted octanol–water partition coefficient (Wildman–Crippen LogP) is 7.85. The van der Waals surface area contributed by atoms with Gasteiger partial charge in [0.1, 0.15) is 5.75 Å². The molecule has 0 bridgehead atoms. The van der Waals surface area contributed by atoms with Crippen molar-refractivity contribution in [2.24, 2.45) is 10.2 Å². The van der Waals surface area contributed by atoms with Gasteiger partial charge in [0.2, 0.25) is 0 Å². The highest BCUT2D eigenvalue weighted by Gasteiger charge is 2.35. The Morgan fingerprint density at radius 2 is 1.63 bits per heavy atom. The molecule has 2 amide bonds. The Kier molecular flexibility index (Phi) is 6.35. The predicted molar refractivity (Wildman–Crippen MR) is 139 cm³/mol. The standard InChI is InChI=1S/C27H18ClN3O3S/c28-21-6-3-7-22(15-21)29-30-23-10-11-24(32)20(13-23)14-25-26(33)31(27(34)35-25)16-17-8-9-18-4-1-2-5-19(18)12-17/h1-15,32H,16H2/b25-14-,30-29?. The minimum atomic E-state index is -0.404. The molecule has 35 heavy (non-hydrogen) atoms. The van der Waals surface area contributed by atoms with Gasteiger partial charge in [-0.1, -0.05) is 54.1 Å². The van der Waals surface area contributed by atoms with E-state index in [-0.39, 0.29) is 22.4 Å². The molecule has 4 aromatic carbocycles. The molecule has 0 aliphatic carbocycles. The number of rotatable bonds is 5. The largest absolute Gasteiger partial charge is 0.507 e. The zero-order valence-electron chi connectivity index (χ0n) is 18.3. The van der Waals surface area contributed by atoms with Crippen molar-refractivity contribution >= 4 is 62.7 Å². The van der Waals surface area contributed by atoms with Crippen LogP contribution >= 0.6 is 23.4 Å². The highest BCUT2D eigenvalue weighted by Crippen LogP contribution is 2.36. The number of phenolic OH excluding ortho intramolecular Hbond substituents is 1. The van der Waals surface area contributed by atoms with Crippen molar-refractivity contribution in [2.75, 3.05) is 0 Å². The van der Waals surface area contributed by atoms with E-state index < -0.39 is 5.91 Å². The number of fused-ring (bicyclic) bond motifs is 1. The Morgan fingerprint density at radius 1 is 0.857 bits per heavy atom. The summed E-state index contributed by atoms with van der Waals surface area (Å²) in [5.41, 5.74) is 2.29. The minimum absolute atomic E-state index is 0.0342. The Hall–Kier alpha value is -3.94. The van der Waals surface area contributed by atoms with Gasteiger partial charge in [-0.15, -0.1) is 0 Å². The van der Waals surface area contributed by atoms with Crippen molar-refractivity contribution in [2.45, 2.75) is 6.54 Å². The number of nitrogens with zero attached hydrogens (tertiary/aromatic N) is 3. The smallest absolute Gasteiger partial charge is 0.293 e. The number of aromatic hydroxyl groups is 1. The molecule has 5 rings (SSSR count). The summed E-state index contributed by atoms with van der Waals surface area (Å²) in [6.45, 7) is 0.173. The molecule has 0 spiro atoms. The number of thioether (sulfide) groups is 1. The maximum absolute atomic E-state index is 13.0. The number of azo groups is 1. The van der Waals surface area contributed by atoms with E-state index in [1.54, 1.807) is 36.4 Å². The average Bonchev–Trinajstić information content (AvgIpc) is 3.12. The van der Waals surface area contributed by atoms with E-state index in [2.05, 4.69) is 10.2 Å². The summed E-state index contributed by atoms with van der Waals surface area (Å²) in [5, 5.41) is 21.0. The van der Waals surface area contributed by atoms with E-state index in [1.165, 1.54) is 17.0 Å². The molecule has 0 aromatic heterocycles. The van der Waals surface area contributed by atoms with Crippen molar-refractivity contribution in [1.82, 2.24) is 4.90 Å². The molecule has 0 radical (unpaired) electrons. The number of imide groups is 1. The van der Waals surface area contributed by atoms with Crippen LogP contribution in [0.2, 0.25) is 5.02 Å². The second kappa shape index (κ2) is 9.74. The zero-order valence-corrected chi connectivity index (χ0v) is 19.8. The normalized spacial score (nSPS) is 15.1. The molecule has 0 atom stereocenters. The van der Waals surface area contributed by atoms with E-state index in [4.69, 9.17) is 11.6 Å². The Labute approximate surface area is 210 Å². The van der Waals surface area contributed by atoms with Crippen molar-refractivity contribution in [1.29, 1.82) is 0 Å². The third-order valence-corrected chi connectivity index (χ3v) is 6.56. The maximum Gasteiger partial charge on any atom is 0.293 e. The molecule has 172 valence electrons. The summed E-state index contributed by atoms with van der Waals surface area (Å²) in [4.78, 5) is 27.1. The molecule has 0 unspecified atom stereocenters. The van der Waals surface area contributed by atoms with Crippen molar-refractivity contribution in [3.05, 3.63) is 106 Å². The van der Waals surface area contributed by atoms with E-state index >= 15 is 0 Å². The van der Waals surface area contributed by atoms with Crippen LogP contribution in [0.3, 0.4) is 0 Å². The molecular formula is C27H18ClN3O3S. The lowest BCUT2D eigenvalue weighted by atomic mass is 10.1. The van der Waals surface area contributed by atoms with E-state index in [9.17, 15) is 14.7 Å². The molecule has 1 fully saturated rings. The molecule has 6 nitrogen and oxygen atoms in total. The second-order valence-corrected chi connectivity index (χ2v) is 9.30. The van der Waals surface area contributed by atoms with Crippen molar-refractivity contribution in [3.63, 3.8) is 0 Å². The summed E-state index contributed by atoms with van der Waals surface area (Å²) in [6.07, 6.45) is 1.50. The van der Waals surface area contributed by atoms with Gasteiger partial charge in [-0.25, -0.2) is 0 Å². The van der Waals surface area contributed by atoms with Gasteiger partial charge in [-0.2, -0.15) is 10.2 Å². The first-order valence-corrected chi connectivity index (χ1v) is 11.9. The molecule has 1 aliphatic rings. The summed E-state index contributed by atoms with van der Waals surface area (Å²) in [6, 6.07) is 25.4. The Balaban J connectivity index is 1.37. The Morgan fingerprint density at radius 3 is 2.43 bits per heavy atom. The molecular weight excluding hydrogens is 482 g/mol. The van der Waals surface area contributed by atoms with Crippen LogP contribution in [-0.4, -0.2) is 21.2 Å². The van der Waals surface area contributed by atoms with Crippen LogP contribution < -0.4 is 0 Å². The van der Waals surface area contributed by atoms with Gasteiger partial charge in [0.15, 0.2) is 0 Å². The fraction of sp³-hybridized carbons (Fsp3) is 0.0370. The number of hydrogen-bond acceptors (Lipinski definition) is 6. The van der Waals surface area contributed by atoms with Crippen LogP contribution in [0.25, 0.3) is 16.8 Å². The first-order chi connectivity index (χ1) is 17.0. The molecule has 1 aliphatic heterocycles. The monoisotopic (exact) mass is 499 g/mol. The molecule has 8 heteroatoms. The summed E-state index contributed by atoms with van der Waals surface area (Å²) >= 11 is 6.82. The van der Waals surface area contributed by atoms with Crippen LogP contribution in [0.4, 0.5) is 16.2 Å². The van der Waals surface area contributed by atoms with Crippen LogP contribution in [0.1, 0.15) is 11.1 Å². The average molecular weight is 500 g/mol. The summed E-state index contributed by atoms with van der Waals surface area (Å²) in [7, 11) is 0. The van der Waals surface area contributed by atoms with Gasteiger partial charge in [0.25, 0.3) is 11.1 Å². The lowest BCUT2D eigenvalue weighted by Crippen LogP contribution is -2.27. The maximum atomic E-state index is 13.0. The highest BCUT2D eigenvalue weighted by atomic mass is 35.5. The van der Waals surface area contributed by atoms with Crippen LogP contribution in [0.15, 0.2) is 100 Å². The van der Waals surface area contributed by atoms with Gasteiger partial charge in [-0.3, -0.25) is 14.5 Å². The van der Waals surface area contributed by atoms with E-state index in [0.717, 1.165) is 28.1 Å². The number of carbonyl (C=O) groups is 2. The quantitative estimate of drug-likeness (QED) is 0.224. The molecule has 1 saturated heterocycles. The van der Waals surface area contributed by atoms with Gasteiger partial charge >= 0.3 is 0 Å². The lowest BCUT2D eigenvalue weighted by molar-refractivity contribution is -0.123. The van der Waals surface area contributed by atoms with Crippen LogP contribution in [-0.2, 0) is 11.3 Å². The molecule has 1 N–H and O–H groups in total. The lowest BCUT2D eigenvalue weighted by Gasteiger charge is -2.13. The van der Waals surface area contributed by atoms with Gasteiger partial charge in [0, 0.05) is 10.6 Å². The number of halogens is 1. The van der Waals surface area contributed by atoms with Crippen LogP contribution in [0.5, 0.6) is 5.75 Å². The summed E-state index contributed by atoms with van der Waals surface area (Å²) in [5.74, 6) is -0.438. The fourth-order valence-electron chi connectivity index (χ4n) is 3.67. The second-order valence-electron chi connectivity index (χ2n) is 7.87. The number of hydrogen-bond donors (Lipinski definition) is 1. The summed E-state index contributed by atoms with van der Waals surface area (Å²) < 4.78 is 0. The SMILES string of the molecule is O=C1S/C(=C\c2cc(N=Nc3cccc(Cl)c3)ccc2O)C(=O)N1Cc1ccc2ccccc2c1. The highest BCUT2D eigenvalue weighted by molar-refractivity contribution is 8.18.